The van der Waals surface area contributed by atoms with Crippen LogP contribution in [0.1, 0.15) is 0 Å². The number of H-pyrrole nitrogens is 1. The largest absolute Gasteiger partial charge is 0.306 e. The van der Waals surface area contributed by atoms with Crippen molar-refractivity contribution in [3.05, 3.63) is 6.20 Å². The maximum atomic E-state index is 12.3. The quantitative estimate of drug-likeness (QED) is 0.759. The molecule has 2 N–H and O–H groups in total. The van der Waals surface area contributed by atoms with Crippen LogP contribution in [0, 0.1) is 0 Å². The second-order valence-electron chi connectivity index (χ2n) is 2.67. The molecule has 1 atom stereocenters. The smallest absolute Gasteiger partial charge is 0.275 e. The van der Waals surface area contributed by atoms with Crippen LogP contribution in [-0.2, 0) is 14.6 Å². The number of sulfone groups is 1. The normalized spacial score (nSPS) is 13.5. The third-order valence-electron chi connectivity index (χ3n) is 1.45. The van der Waals surface area contributed by atoms with E-state index < -0.39 is 21.4 Å². The number of aromatic nitrogens is 2. The van der Waals surface area contributed by atoms with Gasteiger partial charge in [0.25, 0.3) is 11.5 Å². The Morgan fingerprint density at radius 1 is 1.73 bits per heavy atom. The van der Waals surface area contributed by atoms with Gasteiger partial charge in [-0.3, -0.25) is 9.89 Å². The summed E-state index contributed by atoms with van der Waals surface area (Å²) in [6.07, 6.45) is 1.94. The van der Waals surface area contributed by atoms with E-state index in [2.05, 4.69) is 10.2 Å². The molecule has 0 fully saturated rings. The summed E-state index contributed by atoms with van der Waals surface area (Å²) in [6, 6.07) is 0. The number of carbonyl (C=O) groups is 1. The van der Waals surface area contributed by atoms with Crippen molar-refractivity contribution < 1.29 is 17.6 Å². The first-order valence-corrected chi connectivity index (χ1v) is 5.97. The van der Waals surface area contributed by atoms with Gasteiger partial charge in [0.2, 0.25) is 0 Å². The molecule has 0 bridgehead atoms. The predicted molar refractivity (Wildman–Crippen MR) is 51.1 cm³/mol. The lowest BCUT2D eigenvalue weighted by molar-refractivity contribution is -0.118. The first kappa shape index (κ1) is 11.9. The molecular weight excluding hydrogens is 249 g/mol. The van der Waals surface area contributed by atoms with Crippen molar-refractivity contribution in [3.63, 3.8) is 0 Å². The summed E-state index contributed by atoms with van der Waals surface area (Å²) in [5.41, 5.74) is -2.25. The highest BCUT2D eigenvalue weighted by molar-refractivity contribution is 7.90. The fraction of sp³-hybridized carbons (Fsp3) is 0.333. The topological polar surface area (TPSA) is 91.9 Å². The second-order valence-corrected chi connectivity index (χ2v) is 5.04. The molecule has 1 aromatic heterocycles. The third-order valence-corrected chi connectivity index (χ3v) is 2.76. The van der Waals surface area contributed by atoms with Crippen LogP contribution in [-0.4, -0.2) is 36.4 Å². The van der Waals surface area contributed by atoms with Gasteiger partial charge in [0.1, 0.15) is 10.7 Å². The molecule has 9 heteroatoms. The molecule has 1 rings (SSSR count). The number of nitrogens with zero attached hydrogens (tertiary/aromatic N) is 1. The molecule has 0 spiro atoms. The Hall–Kier alpha value is -1.15. The fourth-order valence-electron chi connectivity index (χ4n) is 0.824. The molecule has 1 amide bonds. The molecule has 0 saturated carbocycles. The molecule has 15 heavy (non-hydrogen) atoms. The minimum absolute atomic E-state index is 0.203. The molecule has 1 heterocycles. The van der Waals surface area contributed by atoms with Crippen LogP contribution >= 0.6 is 11.6 Å². The van der Waals surface area contributed by atoms with Gasteiger partial charge in [-0.05, 0) is 0 Å². The number of rotatable bonds is 3. The highest BCUT2D eigenvalue weighted by atomic mass is 35.5. The standard InChI is InChI=1S/C6H7ClFN3O3S/c1-15(13,14)3-2-9-11-5(3)10-6(12)4(7)8/h2,4H,1H3,(H2,9,10,11,12). The average molecular weight is 256 g/mol. The van der Waals surface area contributed by atoms with E-state index >= 15 is 0 Å². The number of alkyl halides is 2. The van der Waals surface area contributed by atoms with Crippen molar-refractivity contribution in [2.75, 3.05) is 11.6 Å². The van der Waals surface area contributed by atoms with Gasteiger partial charge >= 0.3 is 0 Å². The maximum absolute atomic E-state index is 12.3. The van der Waals surface area contributed by atoms with Crippen LogP contribution in [0.5, 0.6) is 0 Å². The van der Waals surface area contributed by atoms with E-state index in [9.17, 15) is 17.6 Å². The Kier molecular flexibility index (Phi) is 3.30. The van der Waals surface area contributed by atoms with Crippen molar-refractivity contribution in [1.29, 1.82) is 0 Å². The highest BCUT2D eigenvalue weighted by Gasteiger charge is 2.20. The molecular formula is C6H7ClFN3O3S. The number of aromatic amines is 1. The number of hydrogen-bond donors (Lipinski definition) is 2. The lowest BCUT2D eigenvalue weighted by Crippen LogP contribution is -2.20. The molecule has 6 nitrogen and oxygen atoms in total. The molecule has 0 aliphatic rings. The minimum atomic E-state index is -3.54. The fourth-order valence-corrected chi connectivity index (χ4v) is 1.59. The molecule has 0 aromatic carbocycles. The van der Waals surface area contributed by atoms with E-state index in [1.54, 1.807) is 0 Å². The lowest BCUT2D eigenvalue weighted by atomic mass is 10.6. The Morgan fingerprint density at radius 3 is 2.80 bits per heavy atom. The van der Waals surface area contributed by atoms with Crippen molar-refractivity contribution in [2.45, 2.75) is 10.5 Å². The van der Waals surface area contributed by atoms with Gasteiger partial charge < -0.3 is 5.32 Å². The summed E-state index contributed by atoms with van der Waals surface area (Å²) in [4.78, 5) is 10.6. The van der Waals surface area contributed by atoms with E-state index in [1.165, 1.54) is 0 Å². The zero-order chi connectivity index (χ0) is 11.6. The lowest BCUT2D eigenvalue weighted by Gasteiger charge is -2.03. The number of anilines is 1. The summed E-state index contributed by atoms with van der Waals surface area (Å²) >= 11 is 4.85. The number of halogens is 2. The van der Waals surface area contributed by atoms with Gasteiger partial charge in [-0.1, -0.05) is 11.6 Å². The van der Waals surface area contributed by atoms with Gasteiger partial charge in [-0.25, -0.2) is 12.8 Å². The SMILES string of the molecule is CS(=O)(=O)c1cn[nH]c1NC(=O)C(F)Cl. The first-order chi connectivity index (χ1) is 6.82. The monoisotopic (exact) mass is 255 g/mol. The molecule has 0 aliphatic carbocycles. The summed E-state index contributed by atoms with van der Waals surface area (Å²) in [7, 11) is -3.54. The highest BCUT2D eigenvalue weighted by Crippen LogP contribution is 2.17. The van der Waals surface area contributed by atoms with Crippen LogP contribution in [0.25, 0.3) is 0 Å². The number of amides is 1. The third kappa shape index (κ3) is 2.90. The van der Waals surface area contributed by atoms with E-state index in [1.807, 2.05) is 5.32 Å². The number of nitrogens with one attached hydrogen (secondary N) is 2. The van der Waals surface area contributed by atoms with Gasteiger partial charge in [-0.15, -0.1) is 0 Å². The first-order valence-electron chi connectivity index (χ1n) is 3.65. The maximum Gasteiger partial charge on any atom is 0.275 e. The summed E-state index contributed by atoms with van der Waals surface area (Å²) < 4.78 is 34.5. The van der Waals surface area contributed by atoms with Crippen LogP contribution in [0.4, 0.5) is 10.2 Å². The molecule has 0 saturated heterocycles. The van der Waals surface area contributed by atoms with Crippen LogP contribution in [0.15, 0.2) is 11.1 Å². The Bertz CT molecular complexity index is 470. The molecule has 1 unspecified atom stereocenters. The van der Waals surface area contributed by atoms with Crippen LogP contribution < -0.4 is 5.32 Å². The van der Waals surface area contributed by atoms with E-state index in [4.69, 9.17) is 11.6 Å². The van der Waals surface area contributed by atoms with Crippen molar-refractivity contribution in [1.82, 2.24) is 10.2 Å². The molecule has 0 radical (unpaired) electrons. The van der Waals surface area contributed by atoms with Crippen LogP contribution in [0.3, 0.4) is 0 Å². The van der Waals surface area contributed by atoms with E-state index in [-0.39, 0.29) is 10.7 Å². The number of hydrogen-bond acceptors (Lipinski definition) is 4. The van der Waals surface area contributed by atoms with Crippen molar-refractivity contribution in [3.8, 4) is 0 Å². The second kappa shape index (κ2) is 4.15. The molecule has 0 aliphatic heterocycles. The Balaban J connectivity index is 2.98. The van der Waals surface area contributed by atoms with Gasteiger partial charge in [0.15, 0.2) is 9.84 Å². The van der Waals surface area contributed by atoms with E-state index in [0.29, 0.717) is 0 Å². The average Bonchev–Trinajstić information content (AvgIpc) is 2.50. The summed E-state index contributed by atoms with van der Waals surface area (Å²) in [5.74, 6) is -1.36. The van der Waals surface area contributed by atoms with Crippen molar-refractivity contribution in [2.24, 2.45) is 0 Å². The molecule has 1 aromatic rings. The Labute approximate surface area is 89.7 Å². The molecule has 84 valence electrons. The minimum Gasteiger partial charge on any atom is -0.306 e. The van der Waals surface area contributed by atoms with E-state index in [0.717, 1.165) is 12.5 Å². The zero-order valence-corrected chi connectivity index (χ0v) is 9.06. The van der Waals surface area contributed by atoms with Gasteiger partial charge in [0.05, 0.1) is 6.20 Å². The number of carbonyl (C=O) groups excluding carboxylic acids is 1. The summed E-state index contributed by atoms with van der Waals surface area (Å²) in [6.45, 7) is 0. The zero-order valence-electron chi connectivity index (χ0n) is 7.49. The predicted octanol–water partition coefficient (Wildman–Crippen LogP) is 0.286. The van der Waals surface area contributed by atoms with Gasteiger partial charge in [0, 0.05) is 6.26 Å². The van der Waals surface area contributed by atoms with Crippen LogP contribution in [0.2, 0.25) is 0 Å². The van der Waals surface area contributed by atoms with Gasteiger partial charge in [-0.2, -0.15) is 5.10 Å². The van der Waals surface area contributed by atoms with Crippen molar-refractivity contribution >= 4 is 33.2 Å². The Morgan fingerprint density at radius 2 is 2.33 bits per heavy atom. The summed E-state index contributed by atoms with van der Waals surface area (Å²) in [5, 5.41) is 7.58.